The van der Waals surface area contributed by atoms with E-state index in [9.17, 15) is 4.21 Å². The summed E-state index contributed by atoms with van der Waals surface area (Å²) in [4.78, 5) is 10.9. The van der Waals surface area contributed by atoms with Crippen LogP contribution in [0, 0.1) is 0 Å². The van der Waals surface area contributed by atoms with E-state index in [2.05, 4.69) is 14.7 Å². The number of anilines is 1. The van der Waals surface area contributed by atoms with Crippen LogP contribution in [-0.4, -0.2) is 14.2 Å². The van der Waals surface area contributed by atoms with Crippen molar-refractivity contribution in [2.75, 3.05) is 4.72 Å². The van der Waals surface area contributed by atoms with Crippen LogP contribution in [0.5, 0.6) is 0 Å². The molecule has 6 heteroatoms. The minimum absolute atomic E-state index is 0.425. The van der Waals surface area contributed by atoms with Gasteiger partial charge in [0.2, 0.25) is 5.95 Å². The zero-order valence-corrected chi connectivity index (χ0v) is 16.5. The number of aromatic nitrogens is 2. The van der Waals surface area contributed by atoms with Crippen molar-refractivity contribution >= 4 is 28.7 Å². The summed E-state index contributed by atoms with van der Waals surface area (Å²) >= 11 is 1.42. The summed E-state index contributed by atoms with van der Waals surface area (Å²) in [6, 6.07) is 30.9. The Bertz CT molecular complexity index is 1070. The number of rotatable bonds is 6. The Morgan fingerprint density at radius 3 is 2.04 bits per heavy atom. The highest BCUT2D eigenvalue weighted by molar-refractivity contribution is 8.00. The lowest BCUT2D eigenvalue weighted by molar-refractivity contribution is 0.680. The van der Waals surface area contributed by atoms with Gasteiger partial charge in [-0.05, 0) is 42.3 Å². The predicted octanol–water partition coefficient (Wildman–Crippen LogP) is 5.43. The van der Waals surface area contributed by atoms with Crippen LogP contribution in [0.4, 0.5) is 5.95 Å². The van der Waals surface area contributed by atoms with Gasteiger partial charge in [-0.1, -0.05) is 66.7 Å². The Labute approximate surface area is 170 Å². The zero-order valence-electron chi connectivity index (χ0n) is 14.9. The average molecular weight is 404 g/mol. The highest BCUT2D eigenvalue weighted by Crippen LogP contribution is 2.25. The van der Waals surface area contributed by atoms with Crippen LogP contribution in [0.25, 0.3) is 11.3 Å². The Kier molecular flexibility index (Phi) is 5.80. The highest BCUT2D eigenvalue weighted by Gasteiger charge is 2.14. The van der Waals surface area contributed by atoms with Gasteiger partial charge in [-0.3, -0.25) is 4.72 Å². The van der Waals surface area contributed by atoms with Crippen LogP contribution >= 0.6 is 11.9 Å². The molecule has 3 aromatic carbocycles. The molecule has 4 aromatic rings. The molecule has 1 N–H and O–H groups in total. The van der Waals surface area contributed by atoms with E-state index < -0.39 is 10.8 Å². The summed E-state index contributed by atoms with van der Waals surface area (Å²) in [5, 5.41) is 0.469. The molecule has 1 atom stereocenters. The standard InChI is InChI=1S/C22H17N3OS2/c26-28(19-14-8-3-9-15-19)21-16-20(17-10-4-1-5-11-17)23-22(24-21)25-27-18-12-6-2-7-13-18/h1-16H,(H,23,24,25). The largest absolute Gasteiger partial charge is 0.294 e. The van der Waals surface area contributed by atoms with Crippen molar-refractivity contribution in [3.05, 3.63) is 97.1 Å². The Morgan fingerprint density at radius 2 is 1.36 bits per heavy atom. The molecule has 0 saturated carbocycles. The molecule has 0 aliphatic heterocycles. The van der Waals surface area contributed by atoms with Crippen LogP contribution in [0.15, 0.2) is 112 Å². The second-order valence-electron chi connectivity index (χ2n) is 5.88. The van der Waals surface area contributed by atoms with Crippen LogP contribution in [0.2, 0.25) is 0 Å². The van der Waals surface area contributed by atoms with Gasteiger partial charge >= 0.3 is 0 Å². The normalized spacial score (nSPS) is 11.7. The zero-order chi connectivity index (χ0) is 19.2. The molecule has 4 rings (SSSR count). The molecule has 1 aromatic heterocycles. The molecule has 0 radical (unpaired) electrons. The molecule has 0 amide bonds. The first kappa shape index (κ1) is 18.4. The van der Waals surface area contributed by atoms with Crippen molar-refractivity contribution in [3.8, 4) is 11.3 Å². The van der Waals surface area contributed by atoms with E-state index in [0.717, 1.165) is 16.2 Å². The van der Waals surface area contributed by atoms with E-state index in [1.165, 1.54) is 11.9 Å². The van der Waals surface area contributed by atoms with E-state index in [4.69, 9.17) is 0 Å². The molecule has 1 unspecified atom stereocenters. The Balaban J connectivity index is 1.70. The van der Waals surface area contributed by atoms with E-state index in [-0.39, 0.29) is 0 Å². The molecule has 138 valence electrons. The second kappa shape index (κ2) is 8.82. The Hall–Kier alpha value is -2.96. The predicted molar refractivity (Wildman–Crippen MR) is 115 cm³/mol. The summed E-state index contributed by atoms with van der Waals surface area (Å²) in [5.41, 5.74) is 1.68. The first-order valence-electron chi connectivity index (χ1n) is 8.69. The van der Waals surface area contributed by atoms with Gasteiger partial charge < -0.3 is 0 Å². The van der Waals surface area contributed by atoms with E-state index >= 15 is 0 Å². The number of nitrogens with zero attached hydrogens (tertiary/aromatic N) is 2. The van der Waals surface area contributed by atoms with Crippen molar-refractivity contribution in [1.82, 2.24) is 9.97 Å². The summed E-state index contributed by atoms with van der Waals surface area (Å²) in [5.74, 6) is 0.425. The number of nitrogens with one attached hydrogen (secondary N) is 1. The summed E-state index contributed by atoms with van der Waals surface area (Å²) in [6.07, 6.45) is 0. The minimum atomic E-state index is -1.39. The SMILES string of the molecule is O=S(c1ccccc1)c1cc(-c2ccccc2)nc(NSc2ccccc2)n1. The van der Waals surface area contributed by atoms with Crippen LogP contribution in [-0.2, 0) is 10.8 Å². The van der Waals surface area contributed by atoms with Gasteiger partial charge in [-0.2, -0.15) is 0 Å². The quantitative estimate of drug-likeness (QED) is 0.344. The lowest BCUT2D eigenvalue weighted by Gasteiger charge is -2.10. The van der Waals surface area contributed by atoms with Gasteiger partial charge in [0.05, 0.1) is 5.69 Å². The molecule has 28 heavy (non-hydrogen) atoms. The number of hydrogen-bond donors (Lipinski definition) is 1. The second-order valence-corrected chi connectivity index (χ2v) is 8.19. The van der Waals surface area contributed by atoms with Crippen LogP contribution in [0.3, 0.4) is 0 Å². The van der Waals surface area contributed by atoms with E-state index in [1.807, 2.05) is 91.0 Å². The fourth-order valence-corrected chi connectivity index (χ4v) is 4.21. The summed E-state index contributed by atoms with van der Waals surface area (Å²) < 4.78 is 16.2. The van der Waals surface area contributed by atoms with Crippen LogP contribution < -0.4 is 4.72 Å². The fourth-order valence-electron chi connectivity index (χ4n) is 2.58. The molecular weight excluding hydrogens is 386 g/mol. The van der Waals surface area contributed by atoms with Crippen molar-refractivity contribution in [2.45, 2.75) is 14.8 Å². The molecule has 0 spiro atoms. The van der Waals surface area contributed by atoms with Gasteiger partial charge in [-0.25, -0.2) is 14.2 Å². The minimum Gasteiger partial charge on any atom is -0.294 e. The third-order valence-corrected chi connectivity index (χ3v) is 6.00. The fraction of sp³-hybridized carbons (Fsp3) is 0. The van der Waals surface area contributed by atoms with Gasteiger partial charge in [-0.15, -0.1) is 0 Å². The topological polar surface area (TPSA) is 54.9 Å². The lowest BCUT2D eigenvalue weighted by atomic mass is 10.1. The number of hydrogen-bond acceptors (Lipinski definition) is 5. The highest BCUT2D eigenvalue weighted by atomic mass is 32.2. The van der Waals surface area contributed by atoms with Crippen molar-refractivity contribution in [2.24, 2.45) is 0 Å². The molecule has 0 aliphatic rings. The molecule has 0 fully saturated rings. The summed E-state index contributed by atoms with van der Waals surface area (Å²) in [7, 11) is -1.39. The molecule has 1 heterocycles. The van der Waals surface area contributed by atoms with Crippen molar-refractivity contribution in [3.63, 3.8) is 0 Å². The molecule has 0 saturated heterocycles. The van der Waals surface area contributed by atoms with Gasteiger partial charge in [0.1, 0.15) is 15.8 Å². The maximum absolute atomic E-state index is 13.0. The third-order valence-electron chi connectivity index (χ3n) is 3.92. The average Bonchev–Trinajstić information content (AvgIpc) is 2.79. The first-order valence-corrected chi connectivity index (χ1v) is 10.7. The monoisotopic (exact) mass is 403 g/mol. The van der Waals surface area contributed by atoms with Gasteiger partial charge in [0.25, 0.3) is 0 Å². The maximum Gasteiger partial charge on any atom is 0.234 e. The summed E-state index contributed by atoms with van der Waals surface area (Å²) in [6.45, 7) is 0. The molecular formula is C22H17N3OS2. The Morgan fingerprint density at radius 1 is 0.750 bits per heavy atom. The van der Waals surface area contributed by atoms with E-state index in [0.29, 0.717) is 15.9 Å². The molecule has 0 aliphatic carbocycles. The lowest BCUT2D eigenvalue weighted by Crippen LogP contribution is -2.03. The third kappa shape index (κ3) is 4.47. The molecule has 4 nitrogen and oxygen atoms in total. The van der Waals surface area contributed by atoms with Crippen LogP contribution in [0.1, 0.15) is 0 Å². The first-order chi connectivity index (χ1) is 13.8. The van der Waals surface area contributed by atoms with Gasteiger partial charge in [0.15, 0.2) is 0 Å². The molecule has 0 bridgehead atoms. The maximum atomic E-state index is 13.0. The van der Waals surface area contributed by atoms with Crippen molar-refractivity contribution < 1.29 is 4.21 Å². The number of benzene rings is 3. The smallest absolute Gasteiger partial charge is 0.234 e. The van der Waals surface area contributed by atoms with E-state index in [1.54, 1.807) is 6.07 Å². The van der Waals surface area contributed by atoms with Gasteiger partial charge in [0, 0.05) is 15.4 Å². The van der Waals surface area contributed by atoms with Crippen molar-refractivity contribution in [1.29, 1.82) is 0 Å².